The Morgan fingerprint density at radius 2 is 1.84 bits per heavy atom. The van der Waals surface area contributed by atoms with Gasteiger partial charge in [0.2, 0.25) is 0 Å². The largest absolute Gasteiger partial charge is 0.451 e. The molecule has 6 heteroatoms. The van der Waals surface area contributed by atoms with E-state index in [1.54, 1.807) is 12.1 Å². The number of esters is 1. The summed E-state index contributed by atoms with van der Waals surface area (Å²) in [4.78, 5) is 24.6. The lowest BCUT2D eigenvalue weighted by molar-refractivity contribution is -0.128. The molecule has 1 atom stereocenters. The van der Waals surface area contributed by atoms with Crippen LogP contribution in [0.3, 0.4) is 0 Å². The average molecular weight is 382 g/mol. The van der Waals surface area contributed by atoms with E-state index < -0.39 is 5.97 Å². The molecule has 1 N–H and O–H groups in total. The zero-order valence-electron chi connectivity index (χ0n) is 14.4. The Hall–Kier alpha value is -1.07. The second-order valence-corrected chi connectivity index (χ2v) is 9.96. The number of thiophene rings is 1. The molecule has 4 aliphatic carbocycles. The number of carbonyl (C=O) groups is 2. The Kier molecular flexibility index (Phi) is 4.57. The molecule has 1 heterocycles. The van der Waals surface area contributed by atoms with Crippen LogP contribution in [0.4, 0.5) is 0 Å². The highest BCUT2D eigenvalue weighted by Crippen LogP contribution is 2.61. The van der Waals surface area contributed by atoms with E-state index in [0.29, 0.717) is 9.21 Å². The van der Waals surface area contributed by atoms with E-state index in [4.69, 9.17) is 16.3 Å². The molecule has 4 nitrogen and oxygen atoms in total. The molecule has 1 aromatic heterocycles. The zero-order chi connectivity index (χ0) is 17.6. The Labute approximate surface area is 157 Å². The summed E-state index contributed by atoms with van der Waals surface area (Å²) >= 11 is 6.98. The summed E-state index contributed by atoms with van der Waals surface area (Å²) in [5.74, 6) is 1.86. The molecule has 0 aromatic carbocycles. The first-order valence-corrected chi connectivity index (χ1v) is 10.3. The van der Waals surface area contributed by atoms with Gasteiger partial charge >= 0.3 is 5.97 Å². The van der Waals surface area contributed by atoms with Gasteiger partial charge < -0.3 is 10.1 Å². The molecule has 4 bridgehead atoms. The number of nitrogens with one attached hydrogen (secondary N) is 1. The lowest BCUT2D eigenvalue weighted by atomic mass is 9.48. The Morgan fingerprint density at radius 1 is 1.24 bits per heavy atom. The van der Waals surface area contributed by atoms with Crippen LogP contribution in [0, 0.1) is 23.2 Å². The van der Waals surface area contributed by atoms with Crippen molar-refractivity contribution in [3.05, 3.63) is 21.3 Å². The molecule has 5 rings (SSSR count). The van der Waals surface area contributed by atoms with E-state index in [1.807, 2.05) is 0 Å². The van der Waals surface area contributed by atoms with Crippen molar-refractivity contribution in [1.82, 2.24) is 5.32 Å². The van der Waals surface area contributed by atoms with Gasteiger partial charge in [-0.25, -0.2) is 4.79 Å². The van der Waals surface area contributed by atoms with Gasteiger partial charge in [-0.15, -0.1) is 11.3 Å². The molecule has 1 aromatic rings. The average Bonchev–Trinajstić information content (AvgIpc) is 2.98. The standard InChI is InChI=1S/C19H24ClNO3S/c1-11(19-7-12-4-13(8-19)6-14(5-12)9-19)21-17(22)10-24-18(23)15-2-3-16(20)25-15/h2-3,11-14H,4-10H2,1H3,(H,21,22)/t11-,12?,13?,14?,19?/m1/s1. The van der Waals surface area contributed by atoms with E-state index in [9.17, 15) is 9.59 Å². The van der Waals surface area contributed by atoms with Gasteiger partial charge in [0.25, 0.3) is 5.91 Å². The highest BCUT2D eigenvalue weighted by atomic mass is 35.5. The van der Waals surface area contributed by atoms with Crippen LogP contribution in [0.15, 0.2) is 12.1 Å². The van der Waals surface area contributed by atoms with Crippen molar-refractivity contribution in [2.24, 2.45) is 23.2 Å². The predicted octanol–water partition coefficient (Wildman–Crippen LogP) is 4.28. The summed E-state index contributed by atoms with van der Waals surface area (Å²) in [6, 6.07) is 3.41. The Morgan fingerprint density at radius 3 is 2.36 bits per heavy atom. The molecule has 136 valence electrons. The number of halogens is 1. The summed E-state index contributed by atoms with van der Waals surface area (Å²) in [6.45, 7) is 1.90. The van der Waals surface area contributed by atoms with Gasteiger partial charge in [-0.2, -0.15) is 0 Å². The van der Waals surface area contributed by atoms with Crippen molar-refractivity contribution in [2.45, 2.75) is 51.5 Å². The van der Waals surface area contributed by atoms with Crippen LogP contribution < -0.4 is 5.32 Å². The fourth-order valence-corrected chi connectivity index (χ4v) is 6.71. The molecular formula is C19H24ClNO3S. The molecule has 25 heavy (non-hydrogen) atoms. The Balaban J connectivity index is 1.31. The van der Waals surface area contributed by atoms with Gasteiger partial charge in [0.1, 0.15) is 4.88 Å². The van der Waals surface area contributed by atoms with Crippen LogP contribution in [-0.4, -0.2) is 24.5 Å². The van der Waals surface area contributed by atoms with Gasteiger partial charge in [0.15, 0.2) is 6.61 Å². The third-order valence-electron chi connectivity index (χ3n) is 6.49. The molecule has 4 aliphatic rings. The van der Waals surface area contributed by atoms with Crippen LogP contribution in [-0.2, 0) is 9.53 Å². The molecule has 0 spiro atoms. The summed E-state index contributed by atoms with van der Waals surface area (Å²) in [5.41, 5.74) is 0.260. The minimum Gasteiger partial charge on any atom is -0.451 e. The van der Waals surface area contributed by atoms with Crippen molar-refractivity contribution in [2.75, 3.05) is 6.61 Å². The normalized spacial score (nSPS) is 33.9. The lowest BCUT2D eigenvalue weighted by Gasteiger charge is -2.59. The summed E-state index contributed by atoms with van der Waals surface area (Å²) in [7, 11) is 0. The molecule has 0 saturated heterocycles. The van der Waals surface area contributed by atoms with Crippen molar-refractivity contribution >= 4 is 34.8 Å². The number of carbonyl (C=O) groups excluding carboxylic acids is 2. The third kappa shape index (κ3) is 3.45. The van der Waals surface area contributed by atoms with Gasteiger partial charge in [0.05, 0.1) is 4.34 Å². The Bertz CT molecular complexity index is 651. The maximum absolute atomic E-state index is 12.3. The molecule has 1 amide bonds. The van der Waals surface area contributed by atoms with E-state index in [1.165, 1.54) is 38.5 Å². The highest BCUT2D eigenvalue weighted by molar-refractivity contribution is 7.17. The van der Waals surface area contributed by atoms with Crippen LogP contribution in [0.25, 0.3) is 0 Å². The quantitative estimate of drug-likeness (QED) is 0.774. The van der Waals surface area contributed by atoms with E-state index in [-0.39, 0.29) is 24.0 Å². The SMILES string of the molecule is C[C@@H](NC(=O)COC(=O)c1ccc(Cl)s1)C12CC3CC(CC(C3)C1)C2. The molecule has 4 saturated carbocycles. The minimum absolute atomic E-state index is 0.142. The molecule has 4 fully saturated rings. The van der Waals surface area contributed by atoms with Crippen LogP contribution in [0.1, 0.15) is 55.1 Å². The fraction of sp³-hybridized carbons (Fsp3) is 0.684. The molecule has 0 unspecified atom stereocenters. The number of ether oxygens (including phenoxy) is 1. The first-order valence-electron chi connectivity index (χ1n) is 9.15. The van der Waals surface area contributed by atoms with Crippen LogP contribution in [0.2, 0.25) is 4.34 Å². The third-order valence-corrected chi connectivity index (χ3v) is 7.70. The first kappa shape index (κ1) is 17.3. The predicted molar refractivity (Wildman–Crippen MR) is 97.8 cm³/mol. The smallest absolute Gasteiger partial charge is 0.348 e. The number of hydrogen-bond donors (Lipinski definition) is 1. The van der Waals surface area contributed by atoms with E-state index in [2.05, 4.69) is 12.2 Å². The van der Waals surface area contributed by atoms with E-state index >= 15 is 0 Å². The van der Waals surface area contributed by atoms with Crippen molar-refractivity contribution < 1.29 is 14.3 Å². The van der Waals surface area contributed by atoms with Crippen molar-refractivity contribution in [1.29, 1.82) is 0 Å². The second kappa shape index (κ2) is 6.58. The fourth-order valence-electron chi connectivity index (χ4n) is 5.77. The summed E-state index contributed by atoms with van der Waals surface area (Å²) in [6.07, 6.45) is 7.90. The molecular weight excluding hydrogens is 358 g/mol. The molecule has 0 radical (unpaired) electrons. The van der Waals surface area contributed by atoms with Crippen LogP contribution >= 0.6 is 22.9 Å². The second-order valence-electron chi connectivity index (χ2n) is 8.25. The number of rotatable bonds is 5. The summed E-state index contributed by atoms with van der Waals surface area (Å²) < 4.78 is 5.66. The molecule has 0 aliphatic heterocycles. The minimum atomic E-state index is -0.491. The maximum Gasteiger partial charge on any atom is 0.348 e. The monoisotopic (exact) mass is 381 g/mol. The lowest BCUT2D eigenvalue weighted by Crippen LogP contribution is -2.56. The summed E-state index contributed by atoms with van der Waals surface area (Å²) in [5, 5.41) is 3.11. The topological polar surface area (TPSA) is 55.4 Å². The number of hydrogen-bond acceptors (Lipinski definition) is 4. The van der Waals surface area contributed by atoms with Gasteiger partial charge in [0, 0.05) is 6.04 Å². The first-order chi connectivity index (χ1) is 11.9. The number of amides is 1. The van der Waals surface area contributed by atoms with E-state index in [0.717, 1.165) is 29.1 Å². The van der Waals surface area contributed by atoms with Crippen molar-refractivity contribution in [3.8, 4) is 0 Å². The van der Waals surface area contributed by atoms with Gasteiger partial charge in [-0.1, -0.05) is 11.6 Å². The highest BCUT2D eigenvalue weighted by Gasteiger charge is 2.53. The van der Waals surface area contributed by atoms with Crippen molar-refractivity contribution in [3.63, 3.8) is 0 Å². The van der Waals surface area contributed by atoms with Crippen LogP contribution in [0.5, 0.6) is 0 Å². The maximum atomic E-state index is 12.3. The van der Waals surface area contributed by atoms with Gasteiger partial charge in [-0.05, 0) is 80.8 Å². The zero-order valence-corrected chi connectivity index (χ0v) is 16.0. The van der Waals surface area contributed by atoms with Gasteiger partial charge in [-0.3, -0.25) is 4.79 Å².